The zero-order chi connectivity index (χ0) is 21.8. The van der Waals surface area contributed by atoms with Gasteiger partial charge in [0.15, 0.2) is 11.0 Å². The number of thiophene rings is 1. The normalized spacial score (nSPS) is 13.9. The molecule has 9 heteroatoms. The maximum atomic E-state index is 13.5. The van der Waals surface area contributed by atoms with Crippen LogP contribution in [0.25, 0.3) is 10.2 Å². The third-order valence-electron chi connectivity index (χ3n) is 5.62. The smallest absolute Gasteiger partial charge is 0.263 e. The summed E-state index contributed by atoms with van der Waals surface area (Å²) >= 11 is 3.22. The van der Waals surface area contributed by atoms with Crippen LogP contribution in [-0.4, -0.2) is 45.2 Å². The molecular formula is C22H31N5O2S2. The Hall–Kier alpha value is -1.71. The summed E-state index contributed by atoms with van der Waals surface area (Å²) < 4.78 is 7.29. The zero-order valence-corrected chi connectivity index (χ0v) is 20.3. The summed E-state index contributed by atoms with van der Waals surface area (Å²) in [5.74, 6) is 1.88. The van der Waals surface area contributed by atoms with Gasteiger partial charge in [-0.2, -0.15) is 4.98 Å². The molecule has 31 heavy (non-hydrogen) atoms. The van der Waals surface area contributed by atoms with Crippen LogP contribution in [0, 0.1) is 0 Å². The number of hydrogen-bond donors (Lipinski definition) is 0. The Morgan fingerprint density at radius 2 is 2.03 bits per heavy atom. The first kappa shape index (κ1) is 22.5. The van der Waals surface area contributed by atoms with Crippen LogP contribution in [0.3, 0.4) is 0 Å². The number of fused-ring (bicyclic) bond motifs is 3. The van der Waals surface area contributed by atoms with E-state index in [4.69, 9.17) is 9.51 Å². The molecule has 0 amide bonds. The first-order chi connectivity index (χ1) is 15.1. The summed E-state index contributed by atoms with van der Waals surface area (Å²) in [5.41, 5.74) is 1.36. The van der Waals surface area contributed by atoms with Crippen LogP contribution in [0.15, 0.2) is 14.5 Å². The van der Waals surface area contributed by atoms with Gasteiger partial charge in [-0.15, -0.1) is 11.3 Å². The molecule has 3 heterocycles. The molecule has 0 N–H and O–H groups in total. The van der Waals surface area contributed by atoms with Gasteiger partial charge in [-0.05, 0) is 64.7 Å². The molecule has 0 saturated heterocycles. The van der Waals surface area contributed by atoms with Gasteiger partial charge in [0.25, 0.3) is 5.56 Å². The minimum Gasteiger partial charge on any atom is -0.338 e. The molecule has 3 aromatic rings. The lowest BCUT2D eigenvalue weighted by Crippen LogP contribution is -2.25. The first-order valence-electron chi connectivity index (χ1n) is 11.2. The number of thioether (sulfide) groups is 1. The average molecular weight is 462 g/mol. The molecule has 1 aliphatic rings. The van der Waals surface area contributed by atoms with Crippen molar-refractivity contribution < 1.29 is 4.52 Å². The fraction of sp³-hybridized carbons (Fsp3) is 0.636. The van der Waals surface area contributed by atoms with E-state index in [-0.39, 0.29) is 5.56 Å². The topological polar surface area (TPSA) is 77.0 Å². The van der Waals surface area contributed by atoms with E-state index in [0.717, 1.165) is 72.7 Å². The summed E-state index contributed by atoms with van der Waals surface area (Å²) in [4.78, 5) is 27.4. The van der Waals surface area contributed by atoms with Gasteiger partial charge in [-0.25, -0.2) is 4.98 Å². The lowest BCUT2D eigenvalue weighted by atomic mass is 9.97. The van der Waals surface area contributed by atoms with Gasteiger partial charge in [0, 0.05) is 17.8 Å². The van der Waals surface area contributed by atoms with Crippen LogP contribution in [0.5, 0.6) is 0 Å². The van der Waals surface area contributed by atoms with Gasteiger partial charge >= 0.3 is 0 Å². The van der Waals surface area contributed by atoms with Crippen LogP contribution in [-0.2, 0) is 31.6 Å². The van der Waals surface area contributed by atoms with Crippen LogP contribution in [0.4, 0.5) is 0 Å². The minimum absolute atomic E-state index is 0.111. The molecule has 1 aliphatic carbocycles. The van der Waals surface area contributed by atoms with E-state index < -0.39 is 0 Å². The Balaban J connectivity index is 1.62. The predicted molar refractivity (Wildman–Crippen MR) is 126 cm³/mol. The summed E-state index contributed by atoms with van der Waals surface area (Å²) in [6, 6.07) is 0. The van der Waals surface area contributed by atoms with Crippen molar-refractivity contribution in [1.82, 2.24) is 24.6 Å². The zero-order valence-electron chi connectivity index (χ0n) is 18.6. The van der Waals surface area contributed by atoms with Crippen LogP contribution >= 0.6 is 23.1 Å². The molecule has 0 radical (unpaired) electrons. The van der Waals surface area contributed by atoms with Gasteiger partial charge in [-0.3, -0.25) is 9.36 Å². The second-order valence-electron chi connectivity index (χ2n) is 8.40. The Bertz CT molecular complexity index is 1090. The summed E-state index contributed by atoms with van der Waals surface area (Å²) in [7, 11) is 4.11. The monoisotopic (exact) mass is 461 g/mol. The molecular weight excluding hydrogens is 430 g/mol. The number of unbranched alkanes of at least 4 members (excludes halogenated alkanes) is 1. The van der Waals surface area contributed by atoms with E-state index in [2.05, 4.69) is 36.1 Å². The average Bonchev–Trinajstić information content (AvgIpc) is 3.36. The van der Waals surface area contributed by atoms with Crippen LogP contribution in [0.1, 0.15) is 61.2 Å². The van der Waals surface area contributed by atoms with Crippen molar-refractivity contribution >= 4 is 33.3 Å². The summed E-state index contributed by atoms with van der Waals surface area (Å²) in [6.45, 7) is 3.75. The highest BCUT2D eigenvalue weighted by Gasteiger charge is 2.22. The van der Waals surface area contributed by atoms with E-state index in [1.165, 1.54) is 28.6 Å². The third kappa shape index (κ3) is 5.21. The summed E-state index contributed by atoms with van der Waals surface area (Å²) in [5, 5.41) is 5.69. The largest absolute Gasteiger partial charge is 0.338 e. The van der Waals surface area contributed by atoms with Crippen LogP contribution in [0.2, 0.25) is 0 Å². The van der Waals surface area contributed by atoms with Gasteiger partial charge in [0.05, 0.1) is 11.1 Å². The van der Waals surface area contributed by atoms with Crippen molar-refractivity contribution in [3.63, 3.8) is 0 Å². The molecule has 0 spiro atoms. The number of aromatic nitrogens is 4. The fourth-order valence-corrected chi connectivity index (χ4v) is 6.15. The molecule has 0 aliphatic heterocycles. The Kier molecular flexibility index (Phi) is 7.45. The van der Waals surface area contributed by atoms with Crippen molar-refractivity contribution in [1.29, 1.82) is 0 Å². The Labute approximate surface area is 191 Å². The van der Waals surface area contributed by atoms with E-state index >= 15 is 0 Å². The van der Waals surface area contributed by atoms with Crippen LogP contribution < -0.4 is 5.56 Å². The molecule has 0 bridgehead atoms. The Morgan fingerprint density at radius 3 is 2.84 bits per heavy atom. The summed E-state index contributed by atoms with van der Waals surface area (Å²) in [6.07, 6.45) is 8.33. The first-order valence-corrected chi connectivity index (χ1v) is 13.0. The predicted octanol–water partition coefficient (Wildman–Crippen LogP) is 4.31. The molecule has 4 rings (SSSR count). The van der Waals surface area contributed by atoms with Crippen molar-refractivity contribution in [2.24, 2.45) is 0 Å². The van der Waals surface area contributed by atoms with Crippen molar-refractivity contribution in [2.75, 3.05) is 20.6 Å². The standard InChI is InChI=1S/C22H31N5O2S2/c1-4-5-11-17-23-18(29-25-17)14-30-22-24-20-19(15-9-6-7-10-16(15)31-20)21(28)27(22)13-8-12-26(2)3/h4-14H2,1-3H3. The van der Waals surface area contributed by atoms with Gasteiger partial charge in [0.2, 0.25) is 5.89 Å². The van der Waals surface area contributed by atoms with Crippen molar-refractivity contribution in [3.8, 4) is 0 Å². The minimum atomic E-state index is 0.111. The molecule has 168 valence electrons. The van der Waals surface area contributed by atoms with E-state index in [1.54, 1.807) is 11.3 Å². The molecule has 0 aromatic carbocycles. The maximum absolute atomic E-state index is 13.5. The highest BCUT2D eigenvalue weighted by molar-refractivity contribution is 7.98. The van der Waals surface area contributed by atoms with Gasteiger partial charge in [0.1, 0.15) is 4.83 Å². The quantitative estimate of drug-likeness (QED) is 0.329. The number of aryl methyl sites for hydroxylation is 3. The fourth-order valence-electron chi connectivity index (χ4n) is 3.98. The SMILES string of the molecule is CCCCc1noc(CSc2nc3sc4c(c3c(=O)n2CCCN(C)C)CCCC4)n1. The van der Waals surface area contributed by atoms with E-state index in [1.807, 2.05) is 4.57 Å². The second kappa shape index (κ2) is 10.3. The second-order valence-corrected chi connectivity index (χ2v) is 10.4. The molecule has 3 aromatic heterocycles. The molecule has 7 nitrogen and oxygen atoms in total. The number of nitrogens with zero attached hydrogens (tertiary/aromatic N) is 5. The number of hydrogen-bond acceptors (Lipinski definition) is 8. The van der Waals surface area contributed by atoms with Gasteiger partial charge in [-0.1, -0.05) is 30.3 Å². The maximum Gasteiger partial charge on any atom is 0.263 e. The lowest BCUT2D eigenvalue weighted by molar-refractivity contribution is 0.379. The highest BCUT2D eigenvalue weighted by Crippen LogP contribution is 2.35. The van der Waals surface area contributed by atoms with Crippen molar-refractivity contribution in [2.45, 2.75) is 75.7 Å². The molecule has 0 unspecified atom stereocenters. The molecule has 0 fully saturated rings. The Morgan fingerprint density at radius 1 is 1.19 bits per heavy atom. The molecule has 0 atom stereocenters. The van der Waals surface area contributed by atoms with E-state index in [9.17, 15) is 4.79 Å². The third-order valence-corrected chi connectivity index (χ3v) is 7.76. The van der Waals surface area contributed by atoms with Gasteiger partial charge < -0.3 is 9.42 Å². The number of rotatable bonds is 10. The molecule has 0 saturated carbocycles. The lowest BCUT2D eigenvalue weighted by Gasteiger charge is -2.14. The highest BCUT2D eigenvalue weighted by atomic mass is 32.2. The van der Waals surface area contributed by atoms with Crippen molar-refractivity contribution in [3.05, 3.63) is 32.5 Å². The van der Waals surface area contributed by atoms with E-state index in [0.29, 0.717) is 18.2 Å².